The molecule has 1 saturated heterocycles. The van der Waals surface area contributed by atoms with Gasteiger partial charge in [-0.15, -0.1) is 0 Å². The molecule has 2 heterocycles. The first kappa shape index (κ1) is 27.2. The smallest absolute Gasteiger partial charge is 0.387 e. The first-order chi connectivity index (χ1) is 14.4. The number of nitrogens with two attached hydrogens (primary N) is 1. The number of phosphoric ester groups is 1. The maximum Gasteiger partial charge on any atom is 0.490 e. The lowest BCUT2D eigenvalue weighted by molar-refractivity contribution is -0.151. The van der Waals surface area contributed by atoms with Crippen LogP contribution in [0.15, 0.2) is 17.1 Å². The molecule has 1 fully saturated rings. The van der Waals surface area contributed by atoms with E-state index < -0.39 is 65.8 Å². The summed E-state index contributed by atoms with van der Waals surface area (Å²) in [4.78, 5) is 51.4. The fraction of sp³-hybridized carbons (Fsp3) is 0.667. The summed E-state index contributed by atoms with van der Waals surface area (Å²) >= 11 is 0. The second kappa shape index (κ2) is 9.29. The number of rotatable bonds is 9. The first-order valence-corrected chi connectivity index (χ1v) is 13.0. The second-order valence-electron chi connectivity index (χ2n) is 6.91. The fourth-order valence-corrected chi connectivity index (χ4v) is 5.92. The molecule has 0 aromatic carbocycles. The van der Waals surface area contributed by atoms with Crippen LogP contribution in [0.5, 0.6) is 0 Å². The van der Waals surface area contributed by atoms with Gasteiger partial charge in [0, 0.05) is 6.20 Å². The van der Waals surface area contributed by atoms with Crippen molar-refractivity contribution in [1.82, 2.24) is 9.55 Å². The predicted octanol–water partition coefficient (Wildman–Crippen LogP) is -0.209. The Morgan fingerprint density at radius 3 is 2.34 bits per heavy atom. The van der Waals surface area contributed by atoms with Crippen LogP contribution in [0.3, 0.4) is 0 Å². The van der Waals surface area contributed by atoms with Crippen LogP contribution < -0.4 is 11.4 Å². The van der Waals surface area contributed by atoms with Gasteiger partial charge in [0.25, 0.3) is 0 Å². The zero-order chi connectivity index (χ0) is 24.7. The number of hydrogen-bond donors (Lipinski definition) is 6. The fourth-order valence-electron chi connectivity index (χ4n) is 2.86. The molecule has 20 heteroatoms. The zero-order valence-corrected chi connectivity index (χ0v) is 19.0. The molecule has 16 nitrogen and oxygen atoms in total. The normalized spacial score (nSPS) is 30.2. The lowest BCUT2D eigenvalue weighted by atomic mass is 9.85. The molecule has 0 amide bonds. The van der Waals surface area contributed by atoms with E-state index in [1.807, 2.05) is 0 Å². The molecule has 2 rings (SSSR count). The van der Waals surface area contributed by atoms with Crippen molar-refractivity contribution in [2.24, 2.45) is 5.92 Å². The van der Waals surface area contributed by atoms with Gasteiger partial charge in [0.2, 0.25) is 0 Å². The van der Waals surface area contributed by atoms with Gasteiger partial charge in [-0.1, -0.05) is 13.8 Å². The Bertz CT molecular complexity index is 1050. The summed E-state index contributed by atoms with van der Waals surface area (Å²) in [7, 11) is -17.0. The Hall–Kier alpha value is -1.06. The third kappa shape index (κ3) is 6.29. The number of nitrogens with zero attached hydrogens (tertiary/aromatic N) is 2. The molecule has 0 aliphatic carbocycles. The highest BCUT2D eigenvalue weighted by Crippen LogP contribution is 2.66. The second-order valence-corrected chi connectivity index (χ2v) is 11.3. The van der Waals surface area contributed by atoms with Crippen LogP contribution in [-0.4, -0.2) is 58.7 Å². The van der Waals surface area contributed by atoms with Gasteiger partial charge < -0.3 is 35.2 Å². The third-order valence-corrected chi connectivity index (χ3v) is 8.17. The maximum absolute atomic E-state index is 14.9. The van der Waals surface area contributed by atoms with Gasteiger partial charge in [-0.3, -0.25) is 9.09 Å². The molecule has 6 atom stereocenters. The highest BCUT2D eigenvalue weighted by molar-refractivity contribution is 7.66. The van der Waals surface area contributed by atoms with Crippen molar-refractivity contribution >= 4 is 29.3 Å². The number of halogens is 1. The van der Waals surface area contributed by atoms with E-state index in [0.717, 1.165) is 12.3 Å². The lowest BCUT2D eigenvalue weighted by Gasteiger charge is -2.35. The van der Waals surface area contributed by atoms with Gasteiger partial charge in [0.05, 0.1) is 6.61 Å². The number of phosphoric acid groups is 3. The third-order valence-electron chi connectivity index (χ3n) is 4.39. The molecule has 1 aliphatic rings. The highest BCUT2D eigenvalue weighted by atomic mass is 31.3. The molecule has 6 unspecified atom stereocenters. The molecule has 1 aromatic rings. The van der Waals surface area contributed by atoms with Crippen molar-refractivity contribution in [1.29, 1.82) is 0 Å². The Morgan fingerprint density at radius 2 is 1.84 bits per heavy atom. The average Bonchev–Trinajstić information content (AvgIpc) is 2.83. The first-order valence-electron chi connectivity index (χ1n) is 8.52. The van der Waals surface area contributed by atoms with Crippen LogP contribution in [0.2, 0.25) is 0 Å². The zero-order valence-electron chi connectivity index (χ0n) is 16.4. The summed E-state index contributed by atoms with van der Waals surface area (Å²) in [5.41, 5.74) is 2.27. The molecule has 1 aliphatic heterocycles. The Morgan fingerprint density at radius 1 is 1.25 bits per heavy atom. The molecule has 7 N–H and O–H groups in total. The minimum atomic E-state index is -5.79. The molecule has 1 aromatic heterocycles. The Labute approximate surface area is 179 Å². The SMILES string of the molecule is CC(C)C1(COP(=O)(O)OP(=O)(O)OP(=O)(O)O)OC(n2ccc(N)nc2=O)C(F)C1O. The number of alkyl halides is 1. The van der Waals surface area contributed by atoms with E-state index >= 15 is 0 Å². The van der Waals surface area contributed by atoms with Crippen molar-refractivity contribution in [2.45, 2.75) is 38.0 Å². The number of hydrogen-bond acceptors (Lipinski definition) is 11. The van der Waals surface area contributed by atoms with E-state index in [4.69, 9.17) is 20.3 Å². The van der Waals surface area contributed by atoms with Crippen molar-refractivity contribution < 1.29 is 60.6 Å². The van der Waals surface area contributed by atoms with Gasteiger partial charge >= 0.3 is 29.2 Å². The summed E-state index contributed by atoms with van der Waals surface area (Å²) in [5.74, 6) is -1.01. The van der Waals surface area contributed by atoms with Crippen LogP contribution >= 0.6 is 23.5 Å². The summed E-state index contributed by atoms with van der Waals surface area (Å²) in [5, 5.41) is 10.5. The van der Waals surface area contributed by atoms with Crippen LogP contribution in [0.25, 0.3) is 0 Å². The van der Waals surface area contributed by atoms with Crippen LogP contribution in [0.4, 0.5) is 10.2 Å². The van der Waals surface area contributed by atoms with E-state index in [9.17, 15) is 37.8 Å². The highest BCUT2D eigenvalue weighted by Gasteiger charge is 2.59. The monoisotopic (exact) mass is 527 g/mol. The van der Waals surface area contributed by atoms with Gasteiger partial charge in [0.15, 0.2) is 12.4 Å². The van der Waals surface area contributed by atoms with Crippen LogP contribution in [-0.2, 0) is 31.6 Å². The maximum atomic E-state index is 14.9. The molecule has 184 valence electrons. The Balaban J connectivity index is 2.27. The van der Waals surface area contributed by atoms with Gasteiger partial charge in [-0.05, 0) is 12.0 Å². The molecular weight excluding hydrogens is 506 g/mol. The quantitative estimate of drug-likeness (QED) is 0.227. The van der Waals surface area contributed by atoms with Crippen molar-refractivity contribution in [2.75, 3.05) is 12.3 Å². The van der Waals surface area contributed by atoms with Crippen molar-refractivity contribution in [3.05, 3.63) is 22.7 Å². The molecule has 0 bridgehead atoms. The molecular formula is C12H21FN3O13P3. The van der Waals surface area contributed by atoms with E-state index in [-0.39, 0.29) is 5.82 Å². The number of aliphatic hydroxyl groups is 1. The molecule has 0 radical (unpaired) electrons. The summed E-state index contributed by atoms with van der Waals surface area (Å²) in [6, 6.07) is 1.16. The average molecular weight is 527 g/mol. The van der Waals surface area contributed by atoms with Gasteiger partial charge in [-0.25, -0.2) is 22.9 Å². The minimum absolute atomic E-state index is 0.164. The van der Waals surface area contributed by atoms with E-state index in [0.29, 0.717) is 4.57 Å². The van der Waals surface area contributed by atoms with Crippen molar-refractivity contribution in [3.63, 3.8) is 0 Å². The number of nitrogen functional groups attached to an aromatic ring is 1. The number of anilines is 1. The standard InChI is InChI=1S/C12H21FN3O13P3/c1-6(2)12(5-26-31(22,23)29-32(24,25)28-30(19,20)21)9(17)8(13)10(27-12)16-4-3-7(14)15-11(16)18/h3-4,6,8-10,17H,5H2,1-2H3,(H,22,23)(H,24,25)(H2,14,15,18)(H2,19,20,21). The molecule has 0 saturated carbocycles. The summed E-state index contributed by atoms with van der Waals surface area (Å²) in [6.45, 7) is 1.69. The van der Waals surface area contributed by atoms with E-state index in [1.165, 1.54) is 13.8 Å². The molecule has 0 spiro atoms. The molecule has 32 heavy (non-hydrogen) atoms. The predicted molar refractivity (Wildman–Crippen MR) is 101 cm³/mol. The number of aliphatic hydroxyl groups excluding tert-OH is 1. The van der Waals surface area contributed by atoms with Crippen molar-refractivity contribution in [3.8, 4) is 0 Å². The van der Waals surface area contributed by atoms with Crippen LogP contribution in [0.1, 0.15) is 20.1 Å². The van der Waals surface area contributed by atoms with Crippen LogP contribution in [0, 0.1) is 5.92 Å². The lowest BCUT2D eigenvalue weighted by Crippen LogP contribution is -2.50. The van der Waals surface area contributed by atoms with Gasteiger partial charge in [-0.2, -0.15) is 13.6 Å². The minimum Gasteiger partial charge on any atom is -0.387 e. The van der Waals surface area contributed by atoms with E-state index in [1.54, 1.807) is 0 Å². The summed E-state index contributed by atoms with van der Waals surface area (Å²) < 4.78 is 66.9. The number of aromatic nitrogens is 2. The summed E-state index contributed by atoms with van der Waals surface area (Å²) in [6.07, 6.45) is -5.00. The van der Waals surface area contributed by atoms with E-state index in [2.05, 4.69) is 18.1 Å². The largest absolute Gasteiger partial charge is 0.490 e. The Kier molecular flexibility index (Phi) is 7.90. The van der Waals surface area contributed by atoms with Gasteiger partial charge in [0.1, 0.15) is 17.5 Å². The number of ether oxygens (including phenoxy) is 1. The topological polar surface area (TPSA) is 250 Å².